The van der Waals surface area contributed by atoms with Crippen LogP contribution in [-0.2, 0) is 9.31 Å². The van der Waals surface area contributed by atoms with Crippen LogP contribution in [0.4, 0.5) is 0 Å². The number of rotatable bonds is 1. The van der Waals surface area contributed by atoms with E-state index in [0.29, 0.717) is 0 Å². The first-order valence-electron chi connectivity index (χ1n) is 6.25. The van der Waals surface area contributed by atoms with Crippen molar-refractivity contribution in [3.8, 4) is 0 Å². The van der Waals surface area contributed by atoms with Gasteiger partial charge >= 0.3 is 7.12 Å². The Morgan fingerprint density at radius 1 is 0.875 bits per heavy atom. The molecule has 0 N–H and O–H groups in total. The molecule has 0 unspecified atom stereocenters. The first-order valence-corrected chi connectivity index (χ1v) is 6.25. The fourth-order valence-corrected chi connectivity index (χ4v) is 1.29. The molecule has 16 heavy (non-hydrogen) atoms. The molecule has 1 aromatic carbocycles. The summed E-state index contributed by atoms with van der Waals surface area (Å²) in [6, 6.07) is 10.0. The van der Waals surface area contributed by atoms with Crippen molar-refractivity contribution in [3.05, 3.63) is 30.3 Å². The van der Waals surface area contributed by atoms with Gasteiger partial charge in [0.25, 0.3) is 0 Å². The highest BCUT2D eigenvalue weighted by molar-refractivity contribution is 6.61. The van der Waals surface area contributed by atoms with E-state index in [9.17, 15) is 0 Å². The summed E-state index contributed by atoms with van der Waals surface area (Å²) < 4.78 is 10.9. The average Bonchev–Trinajstić information content (AvgIpc) is 2.45. The molecule has 3 heteroatoms. The molecule has 0 saturated carbocycles. The molecule has 0 amide bonds. The molecule has 1 aromatic rings. The lowest BCUT2D eigenvalue weighted by atomic mass is 9.78. The van der Waals surface area contributed by atoms with Gasteiger partial charge < -0.3 is 9.31 Å². The normalized spacial score (nSPS) is 14.1. The van der Waals surface area contributed by atoms with Crippen LogP contribution in [0.25, 0.3) is 0 Å². The van der Waals surface area contributed by atoms with E-state index in [1.54, 1.807) is 0 Å². The molecule has 90 valence electrons. The first kappa shape index (κ1) is 15.2. The summed E-state index contributed by atoms with van der Waals surface area (Å²) in [6.07, 6.45) is 1.00. The minimum Gasteiger partial charge on any atom is -0.407 e. The third-order valence-corrected chi connectivity index (χ3v) is 1.90. The molecule has 1 heterocycles. The molecule has 0 radical (unpaired) electrons. The number of benzene rings is 1. The molecule has 1 aliphatic heterocycles. The Morgan fingerprint density at radius 3 is 1.88 bits per heavy atom. The maximum atomic E-state index is 5.44. The molecule has 2 nitrogen and oxygen atoms in total. The molecule has 1 aliphatic rings. The van der Waals surface area contributed by atoms with E-state index in [-0.39, 0.29) is 7.12 Å². The van der Waals surface area contributed by atoms with Gasteiger partial charge in [0.15, 0.2) is 0 Å². The number of hydrogen-bond acceptors (Lipinski definition) is 2. The molecule has 0 atom stereocenters. The van der Waals surface area contributed by atoms with Crippen molar-refractivity contribution in [3.63, 3.8) is 0 Å². The van der Waals surface area contributed by atoms with Gasteiger partial charge in [0.2, 0.25) is 0 Å². The zero-order valence-corrected chi connectivity index (χ0v) is 10.9. The van der Waals surface area contributed by atoms with Gasteiger partial charge in [-0.1, -0.05) is 58.0 Å². The summed E-state index contributed by atoms with van der Waals surface area (Å²) >= 11 is 0. The maximum Gasteiger partial charge on any atom is 0.493 e. The average molecular weight is 222 g/mol. The molecule has 1 fully saturated rings. The second-order valence-electron chi connectivity index (χ2n) is 2.84. The van der Waals surface area contributed by atoms with Gasteiger partial charge in [-0.2, -0.15) is 0 Å². The minimum absolute atomic E-state index is 0.139. The van der Waals surface area contributed by atoms with Gasteiger partial charge in [-0.25, -0.2) is 0 Å². The smallest absolute Gasteiger partial charge is 0.407 e. The van der Waals surface area contributed by atoms with Crippen LogP contribution in [0.2, 0.25) is 0 Å². The Balaban J connectivity index is 0.000000509. The highest BCUT2D eigenvalue weighted by Gasteiger charge is 2.23. The van der Waals surface area contributed by atoms with E-state index >= 15 is 0 Å². The Bertz CT molecular complexity index is 233. The van der Waals surface area contributed by atoms with Crippen LogP contribution in [0, 0.1) is 0 Å². The van der Waals surface area contributed by atoms with E-state index in [0.717, 1.165) is 25.1 Å². The third-order valence-electron chi connectivity index (χ3n) is 1.90. The predicted molar refractivity (Wildman–Crippen MR) is 71.0 cm³/mol. The third kappa shape index (κ3) is 5.33. The van der Waals surface area contributed by atoms with Gasteiger partial charge in [0.1, 0.15) is 0 Å². The van der Waals surface area contributed by atoms with Crippen molar-refractivity contribution in [2.45, 2.75) is 34.1 Å². The van der Waals surface area contributed by atoms with Crippen molar-refractivity contribution < 1.29 is 9.31 Å². The summed E-state index contributed by atoms with van der Waals surface area (Å²) in [6.45, 7) is 9.61. The standard InChI is InChI=1S/C9H11BO2.2C2H6/c1-2-5-9(6-3-1)10-11-7-4-8-12-10;2*1-2/h1-3,5-6H,4,7-8H2;2*1-2H3. The first-order chi connectivity index (χ1) is 7.97. The molecular formula is C13H23BO2. The summed E-state index contributed by atoms with van der Waals surface area (Å²) in [7, 11) is -0.139. The van der Waals surface area contributed by atoms with E-state index in [4.69, 9.17) is 9.31 Å². The Hall–Kier alpha value is -0.795. The van der Waals surface area contributed by atoms with Crippen molar-refractivity contribution in [2.24, 2.45) is 0 Å². The van der Waals surface area contributed by atoms with Gasteiger partial charge in [-0.3, -0.25) is 0 Å². The molecular weight excluding hydrogens is 199 g/mol. The lowest BCUT2D eigenvalue weighted by Crippen LogP contribution is -2.40. The number of hydrogen-bond donors (Lipinski definition) is 0. The van der Waals surface area contributed by atoms with E-state index < -0.39 is 0 Å². The maximum absolute atomic E-state index is 5.44. The van der Waals surface area contributed by atoms with Crippen LogP contribution in [0.5, 0.6) is 0 Å². The van der Waals surface area contributed by atoms with Gasteiger partial charge in [-0.05, 0) is 11.9 Å². The van der Waals surface area contributed by atoms with Gasteiger partial charge in [0.05, 0.1) is 0 Å². The zero-order valence-electron chi connectivity index (χ0n) is 10.9. The predicted octanol–water partition coefficient (Wildman–Crippen LogP) is 2.87. The Labute approximate surface area is 100 Å². The van der Waals surface area contributed by atoms with E-state index in [1.165, 1.54) is 0 Å². The molecule has 1 saturated heterocycles. The highest BCUT2D eigenvalue weighted by Crippen LogP contribution is 2.01. The minimum atomic E-state index is -0.139. The van der Waals surface area contributed by atoms with Crippen LogP contribution in [0.3, 0.4) is 0 Å². The topological polar surface area (TPSA) is 18.5 Å². The van der Waals surface area contributed by atoms with Crippen molar-refractivity contribution >= 4 is 12.6 Å². The Morgan fingerprint density at radius 2 is 1.38 bits per heavy atom. The lowest BCUT2D eigenvalue weighted by molar-refractivity contribution is 0.143. The second kappa shape index (κ2) is 10.7. The monoisotopic (exact) mass is 222 g/mol. The van der Waals surface area contributed by atoms with Crippen molar-refractivity contribution in [1.29, 1.82) is 0 Å². The molecule has 0 aromatic heterocycles. The Kier molecular flexibility index (Phi) is 10.2. The summed E-state index contributed by atoms with van der Waals surface area (Å²) in [4.78, 5) is 0. The molecule has 0 bridgehead atoms. The van der Waals surface area contributed by atoms with Crippen LogP contribution < -0.4 is 5.46 Å². The van der Waals surface area contributed by atoms with E-state index in [2.05, 4.69) is 0 Å². The van der Waals surface area contributed by atoms with Crippen LogP contribution in [0.15, 0.2) is 30.3 Å². The van der Waals surface area contributed by atoms with Gasteiger partial charge in [0, 0.05) is 13.2 Å². The highest BCUT2D eigenvalue weighted by atomic mass is 16.6. The largest absolute Gasteiger partial charge is 0.493 e. The van der Waals surface area contributed by atoms with Crippen LogP contribution in [-0.4, -0.2) is 20.3 Å². The fraction of sp³-hybridized carbons (Fsp3) is 0.538. The second-order valence-corrected chi connectivity index (χ2v) is 2.84. The summed E-state index contributed by atoms with van der Waals surface area (Å²) in [5.41, 5.74) is 1.11. The fourth-order valence-electron chi connectivity index (χ4n) is 1.29. The quantitative estimate of drug-likeness (QED) is 0.680. The molecule has 0 aliphatic carbocycles. The SMILES string of the molecule is CC.CC.c1ccc(B2OCCCO2)cc1. The van der Waals surface area contributed by atoms with Crippen LogP contribution in [0.1, 0.15) is 34.1 Å². The summed E-state index contributed by atoms with van der Waals surface area (Å²) in [5, 5.41) is 0. The van der Waals surface area contributed by atoms with Crippen molar-refractivity contribution in [1.82, 2.24) is 0 Å². The summed E-state index contributed by atoms with van der Waals surface area (Å²) in [5.74, 6) is 0. The zero-order chi connectivity index (χ0) is 12.2. The van der Waals surface area contributed by atoms with Gasteiger partial charge in [-0.15, -0.1) is 0 Å². The molecule has 2 rings (SSSR count). The van der Waals surface area contributed by atoms with E-state index in [1.807, 2.05) is 58.0 Å². The molecule has 0 spiro atoms. The van der Waals surface area contributed by atoms with Crippen LogP contribution >= 0.6 is 0 Å². The van der Waals surface area contributed by atoms with Crippen molar-refractivity contribution in [2.75, 3.05) is 13.2 Å². The lowest BCUT2D eigenvalue weighted by Gasteiger charge is -2.19.